The topological polar surface area (TPSA) is 61.5 Å². The first-order valence-electron chi connectivity index (χ1n) is 5.95. The molecule has 0 saturated heterocycles. The molecule has 2 aromatic carbocycles. The normalized spacial score (nSPS) is 10.1. The Bertz CT molecular complexity index is 611. The smallest absolute Gasteiger partial charge is 0.338 e. The number of carbonyl (C=O) groups excluding carboxylic acids is 1. The lowest BCUT2D eigenvalue weighted by molar-refractivity contribution is 0.0472. The number of nitrogen functional groups attached to an aromatic ring is 1. The fourth-order valence-electron chi connectivity index (χ4n) is 1.67. The molecule has 0 amide bonds. The van der Waals surface area contributed by atoms with Crippen LogP contribution < -0.4 is 10.5 Å². The predicted molar refractivity (Wildman–Crippen MR) is 72.9 cm³/mol. The number of hydrogen-bond donors (Lipinski definition) is 1. The van der Waals surface area contributed by atoms with Gasteiger partial charge in [-0.25, -0.2) is 9.18 Å². The van der Waals surface area contributed by atoms with E-state index in [1.54, 1.807) is 24.3 Å². The quantitative estimate of drug-likeness (QED) is 0.688. The molecule has 0 aromatic heterocycles. The Morgan fingerprint density at radius 3 is 2.50 bits per heavy atom. The summed E-state index contributed by atoms with van der Waals surface area (Å²) in [6.07, 6.45) is 0. The van der Waals surface area contributed by atoms with Crippen molar-refractivity contribution in [3.8, 4) is 5.75 Å². The van der Waals surface area contributed by atoms with Gasteiger partial charge < -0.3 is 15.2 Å². The minimum atomic E-state index is -0.497. The van der Waals surface area contributed by atoms with Crippen LogP contribution in [0.1, 0.15) is 15.9 Å². The summed E-state index contributed by atoms with van der Waals surface area (Å²) in [5.41, 5.74) is 7.13. The largest absolute Gasteiger partial charge is 0.495 e. The second kappa shape index (κ2) is 6.06. The molecule has 0 aliphatic heterocycles. The summed E-state index contributed by atoms with van der Waals surface area (Å²) in [5, 5.41) is 0. The van der Waals surface area contributed by atoms with Gasteiger partial charge in [0.05, 0.1) is 18.4 Å². The number of anilines is 1. The van der Waals surface area contributed by atoms with Crippen molar-refractivity contribution in [1.82, 2.24) is 0 Å². The van der Waals surface area contributed by atoms with E-state index in [1.807, 2.05) is 0 Å². The summed E-state index contributed by atoms with van der Waals surface area (Å²) < 4.78 is 22.9. The average Bonchev–Trinajstić information content (AvgIpc) is 2.46. The first-order chi connectivity index (χ1) is 9.60. The number of methoxy groups -OCH3 is 1. The maximum absolute atomic E-state index is 12.7. The van der Waals surface area contributed by atoms with Gasteiger partial charge in [0.1, 0.15) is 18.2 Å². The predicted octanol–water partition coefficient (Wildman–Crippen LogP) is 2.77. The number of carbonyl (C=O) groups is 1. The maximum Gasteiger partial charge on any atom is 0.338 e. The second-order valence-electron chi connectivity index (χ2n) is 4.16. The zero-order valence-electron chi connectivity index (χ0n) is 10.9. The third kappa shape index (κ3) is 3.26. The third-order valence-electron chi connectivity index (χ3n) is 2.75. The van der Waals surface area contributed by atoms with E-state index in [0.717, 1.165) is 0 Å². The van der Waals surface area contributed by atoms with Crippen LogP contribution in [0.25, 0.3) is 0 Å². The van der Waals surface area contributed by atoms with Gasteiger partial charge in [-0.2, -0.15) is 0 Å². The molecule has 0 unspecified atom stereocenters. The van der Waals surface area contributed by atoms with Crippen molar-refractivity contribution < 1.29 is 18.7 Å². The van der Waals surface area contributed by atoms with Crippen molar-refractivity contribution in [3.05, 3.63) is 59.4 Å². The SMILES string of the molecule is COc1ccc(C(=O)OCc2ccc(F)cc2)cc1N. The highest BCUT2D eigenvalue weighted by atomic mass is 19.1. The fraction of sp³-hybridized carbons (Fsp3) is 0.133. The monoisotopic (exact) mass is 275 g/mol. The molecule has 0 heterocycles. The fourth-order valence-corrected chi connectivity index (χ4v) is 1.67. The van der Waals surface area contributed by atoms with Gasteiger partial charge in [0.15, 0.2) is 0 Å². The first-order valence-corrected chi connectivity index (χ1v) is 5.95. The Balaban J connectivity index is 2.01. The zero-order valence-corrected chi connectivity index (χ0v) is 10.9. The van der Waals surface area contributed by atoms with Crippen molar-refractivity contribution in [2.24, 2.45) is 0 Å². The summed E-state index contributed by atoms with van der Waals surface area (Å²) in [7, 11) is 1.50. The van der Waals surface area contributed by atoms with Crippen LogP contribution in [-0.2, 0) is 11.3 Å². The van der Waals surface area contributed by atoms with Gasteiger partial charge in [0.2, 0.25) is 0 Å². The molecule has 2 N–H and O–H groups in total. The van der Waals surface area contributed by atoms with Gasteiger partial charge in [-0.15, -0.1) is 0 Å². The lowest BCUT2D eigenvalue weighted by atomic mass is 10.2. The molecular weight excluding hydrogens is 261 g/mol. The minimum absolute atomic E-state index is 0.0745. The standard InChI is InChI=1S/C15H14FNO3/c1-19-14-7-4-11(8-13(14)17)15(18)20-9-10-2-5-12(16)6-3-10/h2-8H,9,17H2,1H3. The van der Waals surface area contributed by atoms with Crippen LogP contribution in [-0.4, -0.2) is 13.1 Å². The van der Waals surface area contributed by atoms with Crippen LogP contribution in [0, 0.1) is 5.82 Å². The Morgan fingerprint density at radius 2 is 1.90 bits per heavy atom. The Morgan fingerprint density at radius 1 is 1.20 bits per heavy atom. The molecule has 4 nitrogen and oxygen atoms in total. The summed E-state index contributed by atoms with van der Waals surface area (Å²) >= 11 is 0. The highest BCUT2D eigenvalue weighted by Crippen LogP contribution is 2.22. The van der Waals surface area contributed by atoms with Crippen LogP contribution in [0.2, 0.25) is 0 Å². The van der Waals surface area contributed by atoms with Gasteiger partial charge in [0.25, 0.3) is 0 Å². The Hall–Kier alpha value is -2.56. The van der Waals surface area contributed by atoms with E-state index in [9.17, 15) is 9.18 Å². The molecule has 0 saturated carbocycles. The van der Waals surface area contributed by atoms with E-state index in [-0.39, 0.29) is 12.4 Å². The van der Waals surface area contributed by atoms with E-state index >= 15 is 0 Å². The molecule has 0 fully saturated rings. The summed E-state index contributed by atoms with van der Waals surface area (Å²) in [6, 6.07) is 10.4. The molecule has 0 bridgehead atoms. The van der Waals surface area contributed by atoms with Crippen LogP contribution >= 0.6 is 0 Å². The van der Waals surface area contributed by atoms with E-state index in [4.69, 9.17) is 15.2 Å². The number of halogens is 1. The van der Waals surface area contributed by atoms with E-state index in [1.165, 1.54) is 25.3 Å². The van der Waals surface area contributed by atoms with Gasteiger partial charge in [-0.05, 0) is 35.9 Å². The molecule has 0 radical (unpaired) electrons. The molecule has 0 spiro atoms. The number of nitrogens with two attached hydrogens (primary N) is 1. The minimum Gasteiger partial charge on any atom is -0.495 e. The molecule has 0 aliphatic carbocycles. The maximum atomic E-state index is 12.7. The van der Waals surface area contributed by atoms with E-state index < -0.39 is 5.97 Å². The van der Waals surface area contributed by atoms with Crippen LogP contribution in [0.4, 0.5) is 10.1 Å². The van der Waals surface area contributed by atoms with Gasteiger partial charge in [-0.3, -0.25) is 0 Å². The Kier molecular flexibility index (Phi) is 4.20. The number of hydrogen-bond acceptors (Lipinski definition) is 4. The molecule has 104 valence electrons. The van der Waals surface area contributed by atoms with Gasteiger partial charge in [-0.1, -0.05) is 12.1 Å². The highest BCUT2D eigenvalue weighted by molar-refractivity contribution is 5.91. The molecule has 2 rings (SSSR count). The number of esters is 1. The molecule has 5 heteroatoms. The molecule has 0 aliphatic rings. The van der Waals surface area contributed by atoms with Gasteiger partial charge >= 0.3 is 5.97 Å². The highest BCUT2D eigenvalue weighted by Gasteiger charge is 2.10. The van der Waals surface area contributed by atoms with Crippen molar-refractivity contribution in [3.63, 3.8) is 0 Å². The summed E-state index contributed by atoms with van der Waals surface area (Å²) in [5.74, 6) is -0.327. The average molecular weight is 275 g/mol. The molecule has 20 heavy (non-hydrogen) atoms. The van der Waals surface area contributed by atoms with Gasteiger partial charge in [0, 0.05) is 0 Å². The van der Waals surface area contributed by atoms with Crippen LogP contribution in [0.3, 0.4) is 0 Å². The lowest BCUT2D eigenvalue weighted by Crippen LogP contribution is -2.06. The number of ether oxygens (including phenoxy) is 2. The molecular formula is C15H14FNO3. The van der Waals surface area contributed by atoms with Crippen molar-refractivity contribution >= 4 is 11.7 Å². The number of benzene rings is 2. The Labute approximate surface area is 115 Å². The van der Waals surface area contributed by atoms with Crippen molar-refractivity contribution in [2.75, 3.05) is 12.8 Å². The number of rotatable bonds is 4. The zero-order chi connectivity index (χ0) is 14.5. The summed E-state index contributed by atoms with van der Waals surface area (Å²) in [6.45, 7) is 0.0745. The molecule has 0 atom stereocenters. The van der Waals surface area contributed by atoms with E-state index in [0.29, 0.717) is 22.6 Å². The van der Waals surface area contributed by atoms with Crippen molar-refractivity contribution in [1.29, 1.82) is 0 Å². The van der Waals surface area contributed by atoms with Crippen molar-refractivity contribution in [2.45, 2.75) is 6.61 Å². The first kappa shape index (κ1) is 13.9. The lowest BCUT2D eigenvalue weighted by Gasteiger charge is -2.08. The van der Waals surface area contributed by atoms with E-state index in [2.05, 4.69) is 0 Å². The second-order valence-corrected chi connectivity index (χ2v) is 4.16. The van der Waals surface area contributed by atoms with Crippen LogP contribution in [0.5, 0.6) is 5.75 Å². The molecule has 2 aromatic rings. The van der Waals surface area contributed by atoms with Crippen LogP contribution in [0.15, 0.2) is 42.5 Å². The summed E-state index contributed by atoms with van der Waals surface area (Å²) in [4.78, 5) is 11.8. The third-order valence-corrected chi connectivity index (χ3v) is 2.75.